The molecule has 2 aromatic carbocycles. The molecule has 0 aliphatic rings. The number of halogens is 1. The Morgan fingerprint density at radius 3 is 2.42 bits per heavy atom. The van der Waals surface area contributed by atoms with Gasteiger partial charge in [-0.05, 0) is 66.8 Å². The van der Waals surface area contributed by atoms with Crippen molar-refractivity contribution in [2.75, 3.05) is 20.0 Å². The van der Waals surface area contributed by atoms with Crippen LogP contribution in [0.4, 0.5) is 4.39 Å². The van der Waals surface area contributed by atoms with Crippen LogP contribution in [0.15, 0.2) is 47.6 Å². The van der Waals surface area contributed by atoms with E-state index in [1.165, 1.54) is 12.1 Å². The number of fused-ring (bicyclic) bond motifs is 1. The van der Waals surface area contributed by atoms with Gasteiger partial charge in [-0.3, -0.25) is 4.57 Å². The lowest BCUT2D eigenvalue weighted by atomic mass is 10.0. The number of ether oxygens (including phenoxy) is 2. The zero-order valence-electron chi connectivity index (χ0n) is 17.8. The van der Waals surface area contributed by atoms with Gasteiger partial charge in [-0.2, -0.15) is 4.98 Å². The predicted octanol–water partition coefficient (Wildman–Crippen LogP) is 4.50. The molecule has 2 aromatic heterocycles. The molecule has 0 spiro atoms. The van der Waals surface area contributed by atoms with Gasteiger partial charge in [-0.15, -0.1) is 10.2 Å². The van der Waals surface area contributed by atoms with E-state index in [1.54, 1.807) is 38.1 Å². The standard InChI is InChI=1S/C23H23FN4O2S/c1-5-10-31-23-25-22(26-27-23)28-14(2)11-16-12-19(29-3)20(30-4)13-18(16)21(28)15-6-8-17(24)9-7-15/h6-9,11-13H,5,10H2,1-4H3. The molecule has 0 amide bonds. The third-order valence-electron chi connectivity index (χ3n) is 4.93. The van der Waals surface area contributed by atoms with Crippen LogP contribution in [0, 0.1) is 12.7 Å². The predicted molar refractivity (Wildman–Crippen MR) is 119 cm³/mol. The summed E-state index contributed by atoms with van der Waals surface area (Å²) in [6.07, 6.45) is 1.03. The molecule has 0 radical (unpaired) electrons. The van der Waals surface area contributed by atoms with Crippen LogP contribution in [-0.4, -0.2) is 30.2 Å². The Bertz CT molecular complexity index is 1220. The lowest BCUT2D eigenvalue weighted by Crippen LogP contribution is -2.39. The third kappa shape index (κ3) is 4.07. The molecule has 0 unspecified atom stereocenters. The molecule has 4 rings (SSSR count). The summed E-state index contributed by atoms with van der Waals surface area (Å²) in [6, 6.07) is 12.3. The van der Waals surface area contributed by atoms with Crippen molar-refractivity contribution in [2.45, 2.75) is 25.4 Å². The van der Waals surface area contributed by atoms with Gasteiger partial charge in [0.05, 0.1) is 19.9 Å². The van der Waals surface area contributed by atoms with E-state index in [0.717, 1.165) is 39.9 Å². The first-order valence-electron chi connectivity index (χ1n) is 9.93. The van der Waals surface area contributed by atoms with E-state index >= 15 is 0 Å². The largest absolute Gasteiger partial charge is 0.493 e. The van der Waals surface area contributed by atoms with Crippen molar-refractivity contribution in [3.63, 3.8) is 0 Å². The fourth-order valence-corrected chi connectivity index (χ4v) is 4.15. The molecule has 0 fully saturated rings. The van der Waals surface area contributed by atoms with Gasteiger partial charge in [0, 0.05) is 16.8 Å². The summed E-state index contributed by atoms with van der Waals surface area (Å²) in [5.41, 5.74) is 2.57. The van der Waals surface area contributed by atoms with E-state index in [0.29, 0.717) is 22.6 Å². The number of aryl methyl sites for hydroxylation is 1. The number of rotatable bonds is 7. The Hall–Kier alpha value is -3.13. The molecule has 0 aliphatic heterocycles. The molecule has 4 aromatic rings. The van der Waals surface area contributed by atoms with E-state index in [-0.39, 0.29) is 5.82 Å². The number of thioether (sulfide) groups is 1. The van der Waals surface area contributed by atoms with Crippen molar-refractivity contribution in [1.29, 1.82) is 0 Å². The molecule has 6 nitrogen and oxygen atoms in total. The van der Waals surface area contributed by atoms with E-state index in [9.17, 15) is 4.39 Å². The molecule has 2 heterocycles. The summed E-state index contributed by atoms with van der Waals surface area (Å²) in [6.45, 7) is 4.10. The Balaban J connectivity index is 2.02. The van der Waals surface area contributed by atoms with Crippen LogP contribution in [0.2, 0.25) is 0 Å². The minimum Gasteiger partial charge on any atom is -0.493 e. The average molecular weight is 439 g/mol. The molecule has 0 atom stereocenters. The van der Waals surface area contributed by atoms with Crippen LogP contribution in [0.5, 0.6) is 11.5 Å². The maximum atomic E-state index is 13.7. The highest BCUT2D eigenvalue weighted by atomic mass is 32.2. The quantitative estimate of drug-likeness (QED) is 0.313. The van der Waals surface area contributed by atoms with Crippen LogP contribution in [-0.2, 0) is 0 Å². The lowest BCUT2D eigenvalue weighted by Gasteiger charge is -2.19. The Morgan fingerprint density at radius 1 is 1.03 bits per heavy atom. The Kier molecular flexibility index (Phi) is 6.08. The number of methoxy groups -OCH3 is 2. The smallest absolute Gasteiger partial charge is 0.256 e. The van der Waals surface area contributed by atoms with Gasteiger partial charge < -0.3 is 9.47 Å². The normalized spacial score (nSPS) is 11.1. The van der Waals surface area contributed by atoms with Gasteiger partial charge in [0.2, 0.25) is 5.16 Å². The van der Waals surface area contributed by atoms with Gasteiger partial charge >= 0.3 is 0 Å². The fraction of sp³-hybridized carbons (Fsp3) is 0.261. The van der Waals surface area contributed by atoms with E-state index in [1.807, 2.05) is 29.7 Å². The molecule has 0 bridgehead atoms. The van der Waals surface area contributed by atoms with Gasteiger partial charge in [0.15, 0.2) is 11.5 Å². The fourth-order valence-electron chi connectivity index (χ4n) is 3.52. The second-order valence-electron chi connectivity index (χ2n) is 7.01. The first-order valence-corrected chi connectivity index (χ1v) is 10.9. The summed E-state index contributed by atoms with van der Waals surface area (Å²) < 4.78 is 26.6. The molecule has 8 heteroatoms. The summed E-state index contributed by atoms with van der Waals surface area (Å²) >= 11 is 1.58. The van der Waals surface area contributed by atoms with Gasteiger partial charge in [0.25, 0.3) is 5.95 Å². The van der Waals surface area contributed by atoms with Gasteiger partial charge in [-0.25, -0.2) is 4.39 Å². The van der Waals surface area contributed by atoms with Crippen molar-refractivity contribution in [3.05, 3.63) is 54.0 Å². The van der Waals surface area contributed by atoms with Crippen LogP contribution >= 0.6 is 11.8 Å². The number of pyridine rings is 1. The van der Waals surface area contributed by atoms with Crippen molar-refractivity contribution in [1.82, 2.24) is 15.2 Å². The monoisotopic (exact) mass is 438 g/mol. The molecule has 0 N–H and O–H groups in total. The minimum absolute atomic E-state index is 0.295. The molecule has 0 aliphatic carbocycles. The van der Waals surface area contributed by atoms with E-state index < -0.39 is 0 Å². The Labute approximate surface area is 184 Å². The summed E-state index contributed by atoms with van der Waals surface area (Å²) in [4.78, 5) is 4.64. The summed E-state index contributed by atoms with van der Waals surface area (Å²) in [7, 11) is 3.21. The van der Waals surface area contributed by atoms with Crippen molar-refractivity contribution < 1.29 is 18.4 Å². The number of hydrogen-bond donors (Lipinski definition) is 0. The molecule has 0 saturated heterocycles. The highest BCUT2D eigenvalue weighted by Crippen LogP contribution is 2.36. The number of nitrogens with zero attached hydrogens (tertiary/aromatic N) is 4. The van der Waals surface area contributed by atoms with E-state index in [4.69, 9.17) is 9.47 Å². The molecular formula is C23H23FN4O2S. The number of benzene rings is 2. The Morgan fingerprint density at radius 2 is 1.74 bits per heavy atom. The average Bonchev–Trinajstić information content (AvgIpc) is 3.25. The molecule has 31 heavy (non-hydrogen) atoms. The zero-order chi connectivity index (χ0) is 22.0. The summed E-state index contributed by atoms with van der Waals surface area (Å²) in [5.74, 6) is 2.35. The van der Waals surface area contributed by atoms with Crippen molar-refractivity contribution >= 4 is 22.5 Å². The second kappa shape index (κ2) is 8.93. The molecule has 0 saturated carbocycles. The van der Waals surface area contributed by atoms with Gasteiger partial charge in [0.1, 0.15) is 5.82 Å². The van der Waals surface area contributed by atoms with Gasteiger partial charge in [-0.1, -0.05) is 18.7 Å². The van der Waals surface area contributed by atoms with Crippen molar-refractivity contribution in [3.8, 4) is 28.7 Å². The first kappa shape index (κ1) is 21.1. The lowest BCUT2D eigenvalue weighted by molar-refractivity contribution is -0.598. The van der Waals surface area contributed by atoms with Crippen LogP contribution in [0.3, 0.4) is 0 Å². The SMILES string of the molecule is CCCSc1nnc(-[n+]2c(C)cc3cc(OC)c(OC)cc3c2-c2ccc(F)cc2)[n-]1. The van der Waals surface area contributed by atoms with E-state index in [2.05, 4.69) is 22.1 Å². The first-order chi connectivity index (χ1) is 15.0. The summed E-state index contributed by atoms with van der Waals surface area (Å²) in [5, 5.41) is 11.1. The minimum atomic E-state index is -0.295. The topological polar surface area (TPSA) is 62.2 Å². The molecule has 160 valence electrons. The maximum absolute atomic E-state index is 13.7. The van der Waals surface area contributed by atoms with Crippen LogP contribution in [0.1, 0.15) is 19.0 Å². The number of hydrogen-bond acceptors (Lipinski definition) is 5. The second-order valence-corrected chi connectivity index (χ2v) is 8.08. The third-order valence-corrected chi connectivity index (χ3v) is 5.97. The highest BCUT2D eigenvalue weighted by Gasteiger charge is 2.19. The van der Waals surface area contributed by atoms with Crippen LogP contribution in [0.25, 0.3) is 28.0 Å². The highest BCUT2D eigenvalue weighted by molar-refractivity contribution is 7.99. The zero-order valence-corrected chi connectivity index (χ0v) is 18.7. The maximum Gasteiger partial charge on any atom is 0.256 e. The molecular weight excluding hydrogens is 415 g/mol. The van der Waals surface area contributed by atoms with Crippen molar-refractivity contribution in [2.24, 2.45) is 0 Å². The van der Waals surface area contributed by atoms with Crippen LogP contribution < -0.4 is 19.0 Å². The number of aromatic nitrogens is 4.